The molecule has 6 nitrogen and oxygen atoms in total. The predicted molar refractivity (Wildman–Crippen MR) is 114 cm³/mol. The second kappa shape index (κ2) is 9.52. The molecule has 0 bridgehead atoms. The number of amides is 1. The molecule has 0 unspecified atom stereocenters. The lowest BCUT2D eigenvalue weighted by Crippen LogP contribution is -2.28. The maximum absolute atomic E-state index is 12.3. The SMILES string of the molecule is O=C(COc1ccccc1Cc1ccccc1)NCc1ccnc(-n2cccn2)c1. The van der Waals surface area contributed by atoms with E-state index >= 15 is 0 Å². The van der Waals surface area contributed by atoms with Crippen molar-refractivity contribution in [3.8, 4) is 11.6 Å². The van der Waals surface area contributed by atoms with Crippen LogP contribution in [0.2, 0.25) is 0 Å². The van der Waals surface area contributed by atoms with E-state index in [0.717, 1.165) is 23.3 Å². The van der Waals surface area contributed by atoms with Crippen LogP contribution in [0.15, 0.2) is 91.4 Å². The van der Waals surface area contributed by atoms with E-state index in [2.05, 4.69) is 27.5 Å². The Kier molecular flexibility index (Phi) is 6.15. The van der Waals surface area contributed by atoms with Gasteiger partial charge >= 0.3 is 0 Å². The summed E-state index contributed by atoms with van der Waals surface area (Å²) in [5.41, 5.74) is 3.19. The molecule has 6 heteroatoms. The number of nitrogens with one attached hydrogen (secondary N) is 1. The summed E-state index contributed by atoms with van der Waals surface area (Å²) in [6.07, 6.45) is 5.98. The van der Waals surface area contributed by atoms with Gasteiger partial charge in [0.1, 0.15) is 5.75 Å². The molecule has 4 rings (SSSR count). The van der Waals surface area contributed by atoms with Crippen LogP contribution in [0.3, 0.4) is 0 Å². The van der Waals surface area contributed by atoms with Gasteiger partial charge in [-0.1, -0.05) is 48.5 Å². The number of ether oxygens (including phenoxy) is 1. The van der Waals surface area contributed by atoms with Crippen LogP contribution in [0.25, 0.3) is 5.82 Å². The van der Waals surface area contributed by atoms with Gasteiger partial charge in [-0.15, -0.1) is 0 Å². The van der Waals surface area contributed by atoms with Crippen molar-refractivity contribution >= 4 is 5.91 Å². The third kappa shape index (κ3) is 5.11. The molecule has 0 saturated heterocycles. The summed E-state index contributed by atoms with van der Waals surface area (Å²) in [5.74, 6) is 1.25. The molecule has 1 amide bonds. The second-order valence-electron chi connectivity index (χ2n) is 6.81. The fraction of sp³-hybridized carbons (Fsp3) is 0.125. The van der Waals surface area contributed by atoms with E-state index in [1.807, 2.05) is 66.9 Å². The van der Waals surface area contributed by atoms with Crippen molar-refractivity contribution < 1.29 is 9.53 Å². The molecule has 2 aromatic carbocycles. The molecule has 0 radical (unpaired) electrons. The first kappa shape index (κ1) is 19.4. The van der Waals surface area contributed by atoms with Gasteiger partial charge in [-0.2, -0.15) is 5.10 Å². The molecule has 0 aliphatic heterocycles. The zero-order valence-electron chi connectivity index (χ0n) is 16.4. The fourth-order valence-electron chi connectivity index (χ4n) is 3.10. The van der Waals surface area contributed by atoms with Crippen LogP contribution in [0.5, 0.6) is 5.75 Å². The highest BCUT2D eigenvalue weighted by atomic mass is 16.5. The number of carbonyl (C=O) groups excluding carboxylic acids is 1. The number of hydrogen-bond acceptors (Lipinski definition) is 4. The first-order valence-electron chi connectivity index (χ1n) is 9.74. The van der Waals surface area contributed by atoms with Crippen molar-refractivity contribution in [3.63, 3.8) is 0 Å². The van der Waals surface area contributed by atoms with Gasteiger partial charge in [0.2, 0.25) is 0 Å². The molecule has 150 valence electrons. The first-order valence-corrected chi connectivity index (χ1v) is 9.74. The number of benzene rings is 2. The van der Waals surface area contributed by atoms with Crippen molar-refractivity contribution in [1.82, 2.24) is 20.1 Å². The molecule has 0 spiro atoms. The average molecular weight is 398 g/mol. The molecule has 0 saturated carbocycles. The van der Waals surface area contributed by atoms with Crippen molar-refractivity contribution in [2.24, 2.45) is 0 Å². The van der Waals surface area contributed by atoms with E-state index in [4.69, 9.17) is 4.74 Å². The van der Waals surface area contributed by atoms with Gasteiger partial charge < -0.3 is 10.1 Å². The Balaban J connectivity index is 1.32. The third-order valence-corrected chi connectivity index (χ3v) is 4.61. The number of hydrogen-bond donors (Lipinski definition) is 1. The Morgan fingerprint density at radius 3 is 2.60 bits per heavy atom. The lowest BCUT2D eigenvalue weighted by Gasteiger charge is -2.12. The summed E-state index contributed by atoms with van der Waals surface area (Å²) in [4.78, 5) is 16.6. The van der Waals surface area contributed by atoms with E-state index in [1.165, 1.54) is 5.56 Å². The smallest absolute Gasteiger partial charge is 0.258 e. The molecule has 0 fully saturated rings. The van der Waals surface area contributed by atoms with Crippen LogP contribution in [0.4, 0.5) is 0 Å². The van der Waals surface area contributed by atoms with E-state index in [0.29, 0.717) is 12.4 Å². The number of nitrogens with zero attached hydrogens (tertiary/aromatic N) is 3. The number of carbonyl (C=O) groups is 1. The molecule has 30 heavy (non-hydrogen) atoms. The number of para-hydroxylation sites is 1. The highest BCUT2D eigenvalue weighted by molar-refractivity contribution is 5.77. The molecule has 0 atom stereocenters. The van der Waals surface area contributed by atoms with Gasteiger partial charge in [0, 0.05) is 31.6 Å². The Bertz CT molecular complexity index is 1100. The van der Waals surface area contributed by atoms with Crippen LogP contribution in [-0.2, 0) is 17.8 Å². The van der Waals surface area contributed by atoms with E-state index in [-0.39, 0.29) is 12.5 Å². The van der Waals surface area contributed by atoms with E-state index < -0.39 is 0 Å². The summed E-state index contributed by atoms with van der Waals surface area (Å²) in [7, 11) is 0. The highest BCUT2D eigenvalue weighted by Crippen LogP contribution is 2.21. The maximum Gasteiger partial charge on any atom is 0.258 e. The molecule has 4 aromatic rings. The minimum absolute atomic E-state index is 0.0388. The molecular formula is C24H22N4O2. The van der Waals surface area contributed by atoms with E-state index in [1.54, 1.807) is 17.1 Å². The zero-order valence-corrected chi connectivity index (χ0v) is 16.4. The second-order valence-corrected chi connectivity index (χ2v) is 6.81. The van der Waals surface area contributed by atoms with Crippen molar-refractivity contribution in [2.75, 3.05) is 6.61 Å². The molecule has 2 aromatic heterocycles. The van der Waals surface area contributed by atoms with Crippen LogP contribution in [0.1, 0.15) is 16.7 Å². The fourth-order valence-corrected chi connectivity index (χ4v) is 3.10. The van der Waals surface area contributed by atoms with Crippen LogP contribution < -0.4 is 10.1 Å². The highest BCUT2D eigenvalue weighted by Gasteiger charge is 2.08. The van der Waals surface area contributed by atoms with Gasteiger partial charge in [-0.05, 0) is 41.0 Å². The number of aromatic nitrogens is 3. The topological polar surface area (TPSA) is 69.0 Å². The van der Waals surface area contributed by atoms with Crippen molar-refractivity contribution in [1.29, 1.82) is 0 Å². The van der Waals surface area contributed by atoms with Crippen LogP contribution in [0, 0.1) is 0 Å². The largest absolute Gasteiger partial charge is 0.483 e. The molecule has 2 heterocycles. The standard InChI is InChI=1S/C24H22N4O2/c29-24(26-17-20-11-13-25-23(16-20)28-14-6-12-27-28)18-30-22-10-5-4-9-21(22)15-19-7-2-1-3-8-19/h1-14,16H,15,17-18H2,(H,26,29). The lowest BCUT2D eigenvalue weighted by atomic mass is 10.0. The minimum atomic E-state index is -0.179. The number of rotatable bonds is 8. The monoisotopic (exact) mass is 398 g/mol. The molecule has 0 aliphatic carbocycles. The Labute approximate surface area is 175 Å². The summed E-state index contributed by atoms with van der Waals surface area (Å²) in [5, 5.41) is 7.06. The molecular weight excluding hydrogens is 376 g/mol. The van der Waals surface area contributed by atoms with Crippen LogP contribution >= 0.6 is 0 Å². The van der Waals surface area contributed by atoms with Gasteiger partial charge in [-0.25, -0.2) is 9.67 Å². The number of pyridine rings is 1. The Hall–Kier alpha value is -3.93. The van der Waals surface area contributed by atoms with Crippen molar-refractivity contribution in [2.45, 2.75) is 13.0 Å². The minimum Gasteiger partial charge on any atom is -0.483 e. The van der Waals surface area contributed by atoms with E-state index in [9.17, 15) is 4.79 Å². The quantitative estimate of drug-likeness (QED) is 0.493. The van der Waals surface area contributed by atoms with Gasteiger partial charge in [-0.3, -0.25) is 4.79 Å². The zero-order chi connectivity index (χ0) is 20.6. The van der Waals surface area contributed by atoms with Crippen molar-refractivity contribution in [3.05, 3.63) is 108 Å². The lowest BCUT2D eigenvalue weighted by molar-refractivity contribution is -0.123. The summed E-state index contributed by atoms with van der Waals surface area (Å²) >= 11 is 0. The molecule has 1 N–H and O–H groups in total. The Morgan fingerprint density at radius 2 is 1.77 bits per heavy atom. The summed E-state index contributed by atoms with van der Waals surface area (Å²) in [6, 6.07) is 23.6. The normalized spacial score (nSPS) is 10.5. The predicted octanol–water partition coefficient (Wildman–Crippen LogP) is 3.55. The van der Waals surface area contributed by atoms with Crippen LogP contribution in [-0.4, -0.2) is 27.3 Å². The third-order valence-electron chi connectivity index (χ3n) is 4.61. The Morgan fingerprint density at radius 1 is 0.933 bits per heavy atom. The van der Waals surface area contributed by atoms with Gasteiger partial charge in [0.15, 0.2) is 12.4 Å². The first-order chi connectivity index (χ1) is 14.8. The maximum atomic E-state index is 12.3. The summed E-state index contributed by atoms with van der Waals surface area (Å²) in [6.45, 7) is 0.355. The summed E-state index contributed by atoms with van der Waals surface area (Å²) < 4.78 is 7.48. The van der Waals surface area contributed by atoms with Gasteiger partial charge in [0.05, 0.1) is 0 Å². The van der Waals surface area contributed by atoms with Gasteiger partial charge in [0.25, 0.3) is 5.91 Å². The molecule has 0 aliphatic rings. The average Bonchev–Trinajstić information content (AvgIpc) is 3.33.